The van der Waals surface area contributed by atoms with E-state index in [0.717, 1.165) is 11.8 Å². The van der Waals surface area contributed by atoms with Gasteiger partial charge in [0.15, 0.2) is 0 Å². The van der Waals surface area contributed by atoms with Crippen LogP contribution in [0.2, 0.25) is 0 Å². The zero-order valence-electron chi connectivity index (χ0n) is 18.6. The molecule has 12 heteroatoms. The van der Waals surface area contributed by atoms with E-state index >= 15 is 4.39 Å². The van der Waals surface area contributed by atoms with Gasteiger partial charge in [-0.25, -0.2) is 9.18 Å². The van der Waals surface area contributed by atoms with Gasteiger partial charge in [0.25, 0.3) is 11.1 Å². The van der Waals surface area contributed by atoms with E-state index in [1.165, 1.54) is 23.4 Å². The maximum Gasteiger partial charge on any atom is 0.414 e. The molecule has 2 saturated heterocycles. The highest BCUT2D eigenvalue weighted by atomic mass is 32.2. The third-order valence-electron chi connectivity index (χ3n) is 5.77. The first-order valence-electron chi connectivity index (χ1n) is 10.7. The number of hydrogen-bond donors (Lipinski definition) is 2. The third kappa shape index (κ3) is 5.01. The highest BCUT2D eigenvalue weighted by Crippen LogP contribution is 2.29. The Bertz CT molecular complexity index is 1090. The molecule has 0 saturated carbocycles. The van der Waals surface area contributed by atoms with Gasteiger partial charge < -0.3 is 25.6 Å². The molecule has 1 atom stereocenters. The number of hydrogen-bond acceptors (Lipinski definition) is 8. The molecule has 0 spiro atoms. The first-order valence-corrected chi connectivity index (χ1v) is 11.9. The van der Waals surface area contributed by atoms with Crippen molar-refractivity contribution < 1.29 is 23.5 Å². The van der Waals surface area contributed by atoms with E-state index in [4.69, 9.17) is 10.5 Å². The number of nitrogens with one attached hydrogen (secondary N) is 1. The summed E-state index contributed by atoms with van der Waals surface area (Å²) in [5.41, 5.74) is 7.39. The first kappa shape index (κ1) is 23.6. The Labute approximate surface area is 200 Å². The van der Waals surface area contributed by atoms with E-state index in [-0.39, 0.29) is 24.2 Å². The average Bonchev–Trinajstić information content (AvgIpc) is 3.23. The molecule has 3 heterocycles. The number of nitrogen functional groups attached to an aromatic ring is 1. The van der Waals surface area contributed by atoms with Crippen LogP contribution in [0.25, 0.3) is 0 Å². The highest BCUT2D eigenvalue weighted by molar-refractivity contribution is 8.12. The summed E-state index contributed by atoms with van der Waals surface area (Å²) < 4.78 is 20.3. The highest BCUT2D eigenvalue weighted by Gasteiger charge is 2.33. The molecule has 0 radical (unpaired) electrons. The van der Waals surface area contributed by atoms with E-state index in [1.807, 2.05) is 4.90 Å². The van der Waals surface area contributed by atoms with Crippen molar-refractivity contribution in [1.82, 2.24) is 15.2 Å². The molecule has 0 aliphatic carbocycles. The third-order valence-corrected chi connectivity index (χ3v) is 6.28. The molecule has 1 unspecified atom stereocenters. The van der Waals surface area contributed by atoms with E-state index in [2.05, 4.69) is 10.3 Å². The molecule has 1 aromatic carbocycles. The van der Waals surface area contributed by atoms with Crippen molar-refractivity contribution >= 4 is 46.1 Å². The van der Waals surface area contributed by atoms with E-state index in [1.54, 1.807) is 29.4 Å². The fourth-order valence-electron chi connectivity index (χ4n) is 3.93. The number of amides is 3. The van der Waals surface area contributed by atoms with Crippen LogP contribution in [0.3, 0.4) is 0 Å². The lowest BCUT2D eigenvalue weighted by Gasteiger charge is -2.36. The maximum atomic E-state index is 15.0. The van der Waals surface area contributed by atoms with Crippen LogP contribution < -0.4 is 20.9 Å². The van der Waals surface area contributed by atoms with Crippen LogP contribution in [0.15, 0.2) is 36.7 Å². The topological polar surface area (TPSA) is 121 Å². The molecule has 10 nitrogen and oxygen atoms in total. The number of rotatable bonds is 5. The van der Waals surface area contributed by atoms with Crippen molar-refractivity contribution in [3.8, 4) is 0 Å². The Balaban J connectivity index is 1.37. The number of benzene rings is 1. The number of carbonyl (C=O) groups excluding carboxylic acids is 3. The van der Waals surface area contributed by atoms with Crippen LogP contribution in [0.1, 0.15) is 10.4 Å². The van der Waals surface area contributed by atoms with Gasteiger partial charge >= 0.3 is 6.09 Å². The molecule has 2 aliphatic rings. The lowest BCUT2D eigenvalue weighted by atomic mass is 10.1. The minimum atomic E-state index is -0.586. The summed E-state index contributed by atoms with van der Waals surface area (Å²) in [7, 11) is 0. The van der Waals surface area contributed by atoms with Gasteiger partial charge in [-0.05, 0) is 30.5 Å². The summed E-state index contributed by atoms with van der Waals surface area (Å²) in [5, 5.41) is 2.44. The van der Waals surface area contributed by atoms with Crippen molar-refractivity contribution in [1.29, 1.82) is 0 Å². The predicted octanol–water partition coefficient (Wildman–Crippen LogP) is 2.16. The lowest BCUT2D eigenvalue weighted by molar-refractivity contribution is 0.0747. The quantitative estimate of drug-likeness (QED) is 0.657. The molecule has 2 fully saturated rings. The van der Waals surface area contributed by atoms with Crippen LogP contribution in [-0.2, 0) is 4.74 Å². The number of carbonyl (C=O) groups is 3. The molecule has 3 N–H and O–H groups in total. The molecular weight excluding hydrogens is 463 g/mol. The number of cyclic esters (lactones) is 1. The monoisotopic (exact) mass is 488 g/mol. The summed E-state index contributed by atoms with van der Waals surface area (Å²) >= 11 is 1.04. The van der Waals surface area contributed by atoms with E-state index in [0.29, 0.717) is 48.8 Å². The minimum absolute atomic E-state index is 0.191. The van der Waals surface area contributed by atoms with Crippen molar-refractivity contribution in [2.75, 3.05) is 61.1 Å². The Morgan fingerprint density at radius 1 is 1.26 bits per heavy atom. The lowest BCUT2D eigenvalue weighted by Crippen LogP contribution is -2.49. The number of pyridine rings is 1. The Hall–Kier alpha value is -3.54. The number of nitrogens with two attached hydrogens (primary N) is 1. The van der Waals surface area contributed by atoms with E-state index < -0.39 is 18.0 Å². The van der Waals surface area contributed by atoms with Gasteiger partial charge in [-0.3, -0.25) is 19.5 Å². The molecular formula is C22H25FN6O4S. The number of piperazine rings is 1. The van der Waals surface area contributed by atoms with Crippen LogP contribution >= 0.6 is 11.8 Å². The largest absolute Gasteiger partial charge is 0.442 e. The number of nitrogens with zero attached hydrogens (tertiary/aromatic N) is 4. The van der Waals surface area contributed by atoms with Gasteiger partial charge in [0.1, 0.15) is 11.9 Å². The SMILES string of the molecule is CSC(=O)NCC1CN(c2ccc(N3CCN(C(=O)c4cnccc4N)CC3)c(F)c2)C(=O)O1. The molecule has 2 aliphatic heterocycles. The van der Waals surface area contributed by atoms with Crippen molar-refractivity contribution in [2.45, 2.75) is 6.10 Å². The second-order valence-corrected chi connectivity index (χ2v) is 8.65. The van der Waals surface area contributed by atoms with Crippen molar-refractivity contribution in [3.63, 3.8) is 0 Å². The number of thioether (sulfide) groups is 1. The Morgan fingerprint density at radius 3 is 2.71 bits per heavy atom. The van der Waals surface area contributed by atoms with Crippen molar-refractivity contribution in [3.05, 3.63) is 48.0 Å². The van der Waals surface area contributed by atoms with Crippen molar-refractivity contribution in [2.24, 2.45) is 0 Å². The maximum absolute atomic E-state index is 15.0. The zero-order chi connectivity index (χ0) is 24.2. The van der Waals surface area contributed by atoms with Gasteiger partial charge in [-0.1, -0.05) is 11.8 Å². The fraction of sp³-hybridized carbons (Fsp3) is 0.364. The van der Waals surface area contributed by atoms with Gasteiger partial charge in [0.2, 0.25) is 0 Å². The first-order chi connectivity index (χ1) is 16.4. The molecule has 4 rings (SSSR count). The normalized spacial score (nSPS) is 18.1. The predicted molar refractivity (Wildman–Crippen MR) is 128 cm³/mol. The number of aromatic nitrogens is 1. The van der Waals surface area contributed by atoms with Gasteiger partial charge in [0.05, 0.1) is 30.0 Å². The molecule has 0 bridgehead atoms. The van der Waals surface area contributed by atoms with Crippen LogP contribution in [0.4, 0.5) is 31.0 Å². The van der Waals surface area contributed by atoms with Crippen LogP contribution in [0, 0.1) is 5.82 Å². The minimum Gasteiger partial charge on any atom is -0.442 e. The number of anilines is 3. The second-order valence-electron chi connectivity index (χ2n) is 7.87. The Kier molecular flexibility index (Phi) is 7.06. The number of halogens is 1. The number of ether oxygens (including phenoxy) is 1. The summed E-state index contributed by atoms with van der Waals surface area (Å²) in [6.45, 7) is 2.13. The van der Waals surface area contributed by atoms with E-state index in [9.17, 15) is 14.4 Å². The molecule has 180 valence electrons. The molecule has 34 heavy (non-hydrogen) atoms. The van der Waals surface area contributed by atoms with Crippen LogP contribution in [-0.4, -0.2) is 78.8 Å². The summed E-state index contributed by atoms with van der Waals surface area (Å²) in [6.07, 6.45) is 3.54. The fourth-order valence-corrected chi connectivity index (χ4v) is 4.16. The Morgan fingerprint density at radius 2 is 2.03 bits per heavy atom. The molecule has 2 aromatic rings. The van der Waals surface area contributed by atoms with Gasteiger partial charge in [-0.15, -0.1) is 0 Å². The zero-order valence-corrected chi connectivity index (χ0v) is 19.4. The standard InChI is InChI=1S/C22H25FN6O4S/c1-34-21(31)26-11-15-13-29(22(32)33-15)14-2-3-19(17(23)10-14)27-6-8-28(9-7-27)20(30)16-12-25-5-4-18(16)24/h2-5,10,12,15H,6-9,11,13H2,1H3,(H2,24,25)(H,26,31). The smallest absolute Gasteiger partial charge is 0.414 e. The molecule has 3 amide bonds. The van der Waals surface area contributed by atoms with Gasteiger partial charge in [0, 0.05) is 44.3 Å². The second kappa shape index (κ2) is 10.2. The summed E-state index contributed by atoms with van der Waals surface area (Å²) in [5.74, 6) is -0.669. The van der Waals surface area contributed by atoms with Crippen LogP contribution in [0.5, 0.6) is 0 Å². The molecule has 1 aromatic heterocycles. The summed E-state index contributed by atoms with van der Waals surface area (Å²) in [6, 6.07) is 6.17. The van der Waals surface area contributed by atoms with Gasteiger partial charge in [-0.2, -0.15) is 0 Å². The summed E-state index contributed by atoms with van der Waals surface area (Å²) in [4.78, 5) is 45.2. The average molecular weight is 489 g/mol.